The van der Waals surface area contributed by atoms with Crippen molar-refractivity contribution >= 4 is 5.97 Å². The van der Waals surface area contributed by atoms with E-state index >= 15 is 0 Å². The molecular weight excluding hydrogens is 202 g/mol. The Balaban J connectivity index is 1.80. The molecule has 1 fully saturated rings. The van der Waals surface area contributed by atoms with Crippen molar-refractivity contribution in [1.82, 2.24) is 5.32 Å². The SMILES string of the molecule is C[C@H]1CC[C@@H](C(=O)OCc2ccccc2)N1. The van der Waals surface area contributed by atoms with Crippen molar-refractivity contribution in [3.63, 3.8) is 0 Å². The summed E-state index contributed by atoms with van der Waals surface area (Å²) in [7, 11) is 0. The Bertz CT molecular complexity index is 350. The Labute approximate surface area is 95.8 Å². The molecule has 2 rings (SSSR count). The van der Waals surface area contributed by atoms with Crippen LogP contribution in [0.15, 0.2) is 30.3 Å². The number of nitrogens with one attached hydrogen (secondary N) is 1. The summed E-state index contributed by atoms with van der Waals surface area (Å²) in [5.74, 6) is -0.131. The first-order valence-electron chi connectivity index (χ1n) is 5.72. The van der Waals surface area contributed by atoms with E-state index in [9.17, 15) is 4.79 Å². The summed E-state index contributed by atoms with van der Waals surface area (Å²) in [6.07, 6.45) is 1.93. The molecule has 0 aromatic heterocycles. The van der Waals surface area contributed by atoms with Crippen molar-refractivity contribution in [2.75, 3.05) is 0 Å². The number of carbonyl (C=O) groups is 1. The van der Waals surface area contributed by atoms with Crippen LogP contribution in [0.5, 0.6) is 0 Å². The van der Waals surface area contributed by atoms with Gasteiger partial charge in [-0.05, 0) is 25.3 Å². The molecule has 1 aromatic rings. The summed E-state index contributed by atoms with van der Waals surface area (Å²) >= 11 is 0. The van der Waals surface area contributed by atoms with Crippen LogP contribution < -0.4 is 5.32 Å². The highest BCUT2D eigenvalue weighted by molar-refractivity contribution is 5.76. The van der Waals surface area contributed by atoms with Crippen LogP contribution in [0.25, 0.3) is 0 Å². The number of hydrogen-bond acceptors (Lipinski definition) is 3. The Morgan fingerprint density at radius 1 is 1.38 bits per heavy atom. The second kappa shape index (κ2) is 5.12. The topological polar surface area (TPSA) is 38.3 Å². The largest absolute Gasteiger partial charge is 0.460 e. The molecule has 0 saturated carbocycles. The molecule has 0 radical (unpaired) electrons. The van der Waals surface area contributed by atoms with Gasteiger partial charge in [-0.25, -0.2) is 0 Å². The maximum Gasteiger partial charge on any atom is 0.323 e. The van der Waals surface area contributed by atoms with Gasteiger partial charge in [0.1, 0.15) is 12.6 Å². The van der Waals surface area contributed by atoms with Gasteiger partial charge in [0.05, 0.1) is 0 Å². The summed E-state index contributed by atoms with van der Waals surface area (Å²) < 4.78 is 5.26. The zero-order chi connectivity index (χ0) is 11.4. The molecule has 3 nitrogen and oxygen atoms in total. The van der Waals surface area contributed by atoms with Gasteiger partial charge in [0.25, 0.3) is 0 Å². The Morgan fingerprint density at radius 3 is 2.75 bits per heavy atom. The summed E-state index contributed by atoms with van der Waals surface area (Å²) in [6.45, 7) is 2.46. The van der Waals surface area contributed by atoms with Crippen LogP contribution in [0, 0.1) is 0 Å². The van der Waals surface area contributed by atoms with Crippen molar-refractivity contribution in [3.8, 4) is 0 Å². The summed E-state index contributed by atoms with van der Waals surface area (Å²) in [5.41, 5.74) is 1.03. The minimum absolute atomic E-state index is 0.112. The van der Waals surface area contributed by atoms with Gasteiger partial charge in [0.2, 0.25) is 0 Å². The molecule has 2 atom stereocenters. The molecule has 0 amide bonds. The number of ether oxygens (including phenoxy) is 1. The second-order valence-electron chi connectivity index (χ2n) is 4.29. The average Bonchev–Trinajstić information content (AvgIpc) is 2.74. The quantitative estimate of drug-likeness (QED) is 0.789. The van der Waals surface area contributed by atoms with Crippen molar-refractivity contribution in [2.24, 2.45) is 0 Å². The van der Waals surface area contributed by atoms with Crippen LogP contribution in [0.1, 0.15) is 25.3 Å². The van der Waals surface area contributed by atoms with Gasteiger partial charge in [0, 0.05) is 6.04 Å². The van der Waals surface area contributed by atoms with Gasteiger partial charge in [0.15, 0.2) is 0 Å². The predicted octanol–water partition coefficient (Wildman–Crippen LogP) is 1.87. The van der Waals surface area contributed by atoms with E-state index in [0.717, 1.165) is 18.4 Å². The zero-order valence-corrected chi connectivity index (χ0v) is 9.48. The number of benzene rings is 1. The summed E-state index contributed by atoms with van der Waals surface area (Å²) in [6, 6.07) is 10.1. The van der Waals surface area contributed by atoms with E-state index in [-0.39, 0.29) is 12.0 Å². The third-order valence-electron chi connectivity index (χ3n) is 2.88. The highest BCUT2D eigenvalue weighted by Gasteiger charge is 2.27. The van der Waals surface area contributed by atoms with E-state index in [1.165, 1.54) is 0 Å². The van der Waals surface area contributed by atoms with E-state index in [0.29, 0.717) is 12.6 Å². The minimum Gasteiger partial charge on any atom is -0.460 e. The standard InChI is InChI=1S/C13H17NO2/c1-10-7-8-12(14-10)13(15)16-9-11-5-3-2-4-6-11/h2-6,10,12,14H,7-9H2,1H3/t10-,12-/m0/s1. The van der Waals surface area contributed by atoms with Crippen LogP contribution in [0.2, 0.25) is 0 Å². The molecule has 0 bridgehead atoms. The summed E-state index contributed by atoms with van der Waals surface area (Å²) in [5, 5.41) is 3.22. The lowest BCUT2D eigenvalue weighted by molar-refractivity contribution is -0.147. The Morgan fingerprint density at radius 2 is 2.12 bits per heavy atom. The molecule has 1 N–H and O–H groups in total. The Kier molecular flexibility index (Phi) is 3.57. The molecule has 1 heterocycles. The van der Waals surface area contributed by atoms with Crippen LogP contribution >= 0.6 is 0 Å². The number of esters is 1. The maximum atomic E-state index is 11.7. The molecule has 1 saturated heterocycles. The first-order valence-corrected chi connectivity index (χ1v) is 5.72. The van der Waals surface area contributed by atoms with Crippen molar-refractivity contribution in [1.29, 1.82) is 0 Å². The first kappa shape index (κ1) is 11.1. The number of carbonyl (C=O) groups excluding carboxylic acids is 1. The lowest BCUT2D eigenvalue weighted by Crippen LogP contribution is -2.35. The van der Waals surface area contributed by atoms with Crippen LogP contribution in [-0.4, -0.2) is 18.1 Å². The maximum absolute atomic E-state index is 11.7. The molecule has 86 valence electrons. The molecule has 1 aromatic carbocycles. The third-order valence-corrected chi connectivity index (χ3v) is 2.88. The molecule has 0 aliphatic carbocycles. The van der Waals surface area contributed by atoms with E-state index in [1.54, 1.807) is 0 Å². The molecule has 16 heavy (non-hydrogen) atoms. The summed E-state index contributed by atoms with van der Waals surface area (Å²) in [4.78, 5) is 11.7. The van der Waals surface area contributed by atoms with Crippen LogP contribution in [0.4, 0.5) is 0 Å². The van der Waals surface area contributed by atoms with Crippen LogP contribution in [0.3, 0.4) is 0 Å². The van der Waals surface area contributed by atoms with Crippen LogP contribution in [-0.2, 0) is 16.1 Å². The van der Waals surface area contributed by atoms with Gasteiger partial charge < -0.3 is 10.1 Å². The van der Waals surface area contributed by atoms with E-state index in [2.05, 4.69) is 12.2 Å². The Hall–Kier alpha value is -1.35. The van der Waals surface area contributed by atoms with Gasteiger partial charge >= 0.3 is 5.97 Å². The highest BCUT2D eigenvalue weighted by Crippen LogP contribution is 2.13. The van der Waals surface area contributed by atoms with E-state index in [1.807, 2.05) is 30.3 Å². The molecule has 0 unspecified atom stereocenters. The highest BCUT2D eigenvalue weighted by atomic mass is 16.5. The smallest absolute Gasteiger partial charge is 0.323 e. The average molecular weight is 219 g/mol. The van der Waals surface area contributed by atoms with Crippen molar-refractivity contribution < 1.29 is 9.53 Å². The number of rotatable bonds is 3. The van der Waals surface area contributed by atoms with E-state index in [4.69, 9.17) is 4.74 Å². The lowest BCUT2D eigenvalue weighted by Gasteiger charge is -2.11. The molecule has 1 aliphatic rings. The van der Waals surface area contributed by atoms with E-state index < -0.39 is 0 Å². The first-order chi connectivity index (χ1) is 7.75. The molecule has 1 aliphatic heterocycles. The minimum atomic E-state index is -0.131. The zero-order valence-electron chi connectivity index (χ0n) is 9.48. The second-order valence-corrected chi connectivity index (χ2v) is 4.29. The fourth-order valence-corrected chi connectivity index (χ4v) is 1.94. The fourth-order valence-electron chi connectivity index (χ4n) is 1.94. The van der Waals surface area contributed by atoms with Crippen molar-refractivity contribution in [3.05, 3.63) is 35.9 Å². The predicted molar refractivity (Wildman–Crippen MR) is 61.9 cm³/mol. The van der Waals surface area contributed by atoms with Gasteiger partial charge in [-0.2, -0.15) is 0 Å². The molecular formula is C13H17NO2. The monoisotopic (exact) mass is 219 g/mol. The van der Waals surface area contributed by atoms with Crippen molar-refractivity contribution in [2.45, 2.75) is 38.5 Å². The number of hydrogen-bond donors (Lipinski definition) is 1. The fraction of sp³-hybridized carbons (Fsp3) is 0.462. The molecule has 3 heteroatoms. The van der Waals surface area contributed by atoms with Gasteiger partial charge in [-0.15, -0.1) is 0 Å². The van der Waals surface area contributed by atoms with Gasteiger partial charge in [-0.3, -0.25) is 4.79 Å². The third kappa shape index (κ3) is 2.83. The normalized spacial score (nSPS) is 24.3. The molecule has 0 spiro atoms. The van der Waals surface area contributed by atoms with Gasteiger partial charge in [-0.1, -0.05) is 30.3 Å². The lowest BCUT2D eigenvalue weighted by atomic mass is 10.2.